The van der Waals surface area contributed by atoms with Crippen LogP contribution >= 0.6 is 34.3 Å². The lowest BCUT2D eigenvalue weighted by Gasteiger charge is -2.28. The molecule has 4 heterocycles. The average molecular weight is 549 g/mol. The van der Waals surface area contributed by atoms with Gasteiger partial charge in [-0.25, -0.2) is 13.4 Å². The molecule has 35 heavy (non-hydrogen) atoms. The molecule has 0 bridgehead atoms. The Balaban J connectivity index is 1.57. The van der Waals surface area contributed by atoms with Crippen molar-refractivity contribution < 1.29 is 17.9 Å². The van der Waals surface area contributed by atoms with Gasteiger partial charge in [-0.3, -0.25) is 14.7 Å². The molecule has 1 aliphatic rings. The molecule has 1 aliphatic heterocycles. The van der Waals surface area contributed by atoms with Crippen LogP contribution in [0, 0.1) is 0 Å². The molecule has 0 N–H and O–H groups in total. The fourth-order valence-electron chi connectivity index (χ4n) is 4.11. The summed E-state index contributed by atoms with van der Waals surface area (Å²) in [5.74, 6) is 0.222. The Morgan fingerprint density at radius 3 is 2.77 bits per heavy atom. The highest BCUT2D eigenvalue weighted by atomic mass is 35.5. The van der Waals surface area contributed by atoms with Gasteiger partial charge in [0, 0.05) is 18.9 Å². The van der Waals surface area contributed by atoms with Gasteiger partial charge in [-0.1, -0.05) is 29.0 Å². The number of carbonyl (C=O) groups is 1. The lowest BCUT2D eigenvalue weighted by molar-refractivity contribution is -0.121. The van der Waals surface area contributed by atoms with Crippen LogP contribution in [0.5, 0.6) is 5.75 Å². The van der Waals surface area contributed by atoms with E-state index in [1.807, 2.05) is 12.1 Å². The minimum absolute atomic E-state index is 0.213. The van der Waals surface area contributed by atoms with E-state index in [1.54, 1.807) is 54.0 Å². The molecule has 0 aliphatic carbocycles. The number of rotatable bonds is 7. The van der Waals surface area contributed by atoms with E-state index >= 15 is 0 Å². The van der Waals surface area contributed by atoms with Crippen molar-refractivity contribution >= 4 is 65.6 Å². The number of ether oxygens (including phenoxy) is 1. The van der Waals surface area contributed by atoms with Crippen molar-refractivity contribution in [3.05, 3.63) is 64.8 Å². The largest absolute Gasteiger partial charge is 0.494 e. The SMILES string of the molecule is COc1ccc(Cl)c2sc(N(Cc3ccncc3)C(=O)C3CCCN3S(=O)(=O)c3cccs3)nc12. The van der Waals surface area contributed by atoms with Gasteiger partial charge in [-0.05, 0) is 54.1 Å². The molecule has 0 spiro atoms. The Bertz CT molecular complexity index is 1460. The first-order chi connectivity index (χ1) is 16.9. The summed E-state index contributed by atoms with van der Waals surface area (Å²) in [5.41, 5.74) is 1.40. The molecule has 1 amide bonds. The van der Waals surface area contributed by atoms with E-state index in [0.29, 0.717) is 45.5 Å². The maximum Gasteiger partial charge on any atom is 0.253 e. The number of thiazole rings is 1. The van der Waals surface area contributed by atoms with Crippen molar-refractivity contribution in [1.29, 1.82) is 0 Å². The molecule has 8 nitrogen and oxygen atoms in total. The molecule has 182 valence electrons. The summed E-state index contributed by atoms with van der Waals surface area (Å²) in [6.45, 7) is 0.504. The number of pyridine rings is 1. The summed E-state index contributed by atoms with van der Waals surface area (Å²) in [5, 5.41) is 2.64. The van der Waals surface area contributed by atoms with E-state index in [4.69, 9.17) is 21.3 Å². The van der Waals surface area contributed by atoms with E-state index in [2.05, 4.69) is 4.98 Å². The molecule has 4 aromatic rings. The van der Waals surface area contributed by atoms with Crippen LogP contribution in [-0.2, 0) is 21.4 Å². The Hall–Kier alpha value is -2.57. The second kappa shape index (κ2) is 9.82. The summed E-state index contributed by atoms with van der Waals surface area (Å²) in [6.07, 6.45) is 4.34. The maximum absolute atomic E-state index is 14.0. The number of amides is 1. The number of fused-ring (bicyclic) bond motifs is 1. The van der Waals surface area contributed by atoms with Crippen LogP contribution in [0.4, 0.5) is 5.13 Å². The van der Waals surface area contributed by atoms with Crippen LogP contribution in [0.2, 0.25) is 5.02 Å². The van der Waals surface area contributed by atoms with Crippen molar-refractivity contribution in [3.63, 3.8) is 0 Å². The minimum Gasteiger partial charge on any atom is -0.494 e. The van der Waals surface area contributed by atoms with Crippen molar-refractivity contribution in [2.24, 2.45) is 0 Å². The third kappa shape index (κ3) is 4.54. The van der Waals surface area contributed by atoms with Gasteiger partial charge < -0.3 is 4.74 Å². The first-order valence-corrected chi connectivity index (χ1v) is 14.3. The molecular weight excluding hydrogens is 528 g/mol. The molecule has 3 aromatic heterocycles. The van der Waals surface area contributed by atoms with Gasteiger partial charge in [0.2, 0.25) is 5.91 Å². The summed E-state index contributed by atoms with van der Waals surface area (Å²) >= 11 is 8.85. The smallest absolute Gasteiger partial charge is 0.253 e. The van der Waals surface area contributed by atoms with Crippen LogP contribution in [0.25, 0.3) is 10.2 Å². The first-order valence-electron chi connectivity index (χ1n) is 10.8. The minimum atomic E-state index is -3.78. The zero-order valence-corrected chi connectivity index (χ0v) is 21.8. The second-order valence-corrected chi connectivity index (χ2v) is 12.4. The first kappa shape index (κ1) is 24.1. The van der Waals surface area contributed by atoms with E-state index in [9.17, 15) is 13.2 Å². The quantitative estimate of drug-likeness (QED) is 0.329. The molecule has 0 radical (unpaired) electrons. The molecule has 1 atom stereocenters. The van der Waals surface area contributed by atoms with Crippen molar-refractivity contribution in [2.45, 2.75) is 29.6 Å². The molecule has 1 aromatic carbocycles. The number of halogens is 1. The number of hydrogen-bond donors (Lipinski definition) is 0. The van der Waals surface area contributed by atoms with Gasteiger partial charge in [0.15, 0.2) is 5.13 Å². The van der Waals surface area contributed by atoms with Crippen molar-refractivity contribution in [2.75, 3.05) is 18.6 Å². The van der Waals surface area contributed by atoms with Crippen LogP contribution in [0.15, 0.2) is 58.4 Å². The standard InChI is InChI=1S/C23H21ClN4O4S3/c1-32-18-7-6-16(24)21-20(18)26-23(34-21)27(14-15-8-10-25-11-9-15)22(29)17-4-2-12-28(17)35(30,31)19-5-3-13-33-19/h3,5-11,13,17H,2,4,12,14H2,1H3. The molecule has 1 saturated heterocycles. The van der Waals surface area contributed by atoms with Gasteiger partial charge in [-0.2, -0.15) is 4.31 Å². The van der Waals surface area contributed by atoms with Crippen LogP contribution in [0.3, 0.4) is 0 Å². The van der Waals surface area contributed by atoms with Gasteiger partial charge in [-0.15, -0.1) is 11.3 Å². The Morgan fingerprint density at radius 1 is 1.26 bits per heavy atom. The molecule has 5 rings (SSSR count). The number of aromatic nitrogens is 2. The monoisotopic (exact) mass is 548 g/mol. The van der Waals surface area contributed by atoms with E-state index in [1.165, 1.54) is 15.6 Å². The summed E-state index contributed by atoms with van der Waals surface area (Å²) < 4.78 is 34.3. The lowest BCUT2D eigenvalue weighted by atomic mass is 10.2. The maximum atomic E-state index is 14.0. The molecule has 1 fully saturated rings. The third-order valence-corrected chi connectivity index (χ3v) is 10.6. The number of hydrogen-bond acceptors (Lipinski definition) is 8. The van der Waals surface area contributed by atoms with Gasteiger partial charge in [0.1, 0.15) is 21.5 Å². The Kier molecular flexibility index (Phi) is 6.78. The zero-order chi connectivity index (χ0) is 24.6. The number of benzene rings is 1. The zero-order valence-electron chi connectivity index (χ0n) is 18.6. The van der Waals surface area contributed by atoms with E-state index in [-0.39, 0.29) is 16.7 Å². The van der Waals surface area contributed by atoms with Crippen LogP contribution in [-0.4, -0.2) is 48.3 Å². The van der Waals surface area contributed by atoms with Gasteiger partial charge >= 0.3 is 0 Å². The molecule has 0 saturated carbocycles. The highest BCUT2D eigenvalue weighted by molar-refractivity contribution is 7.91. The van der Waals surface area contributed by atoms with Gasteiger partial charge in [0.25, 0.3) is 10.0 Å². The van der Waals surface area contributed by atoms with Gasteiger partial charge in [0.05, 0.1) is 23.4 Å². The number of thiophene rings is 1. The Morgan fingerprint density at radius 2 is 2.06 bits per heavy atom. The molecule has 1 unspecified atom stereocenters. The third-order valence-electron chi connectivity index (χ3n) is 5.80. The lowest BCUT2D eigenvalue weighted by Crippen LogP contribution is -2.47. The normalized spacial score (nSPS) is 16.6. The molecule has 12 heteroatoms. The van der Waals surface area contributed by atoms with E-state index < -0.39 is 16.1 Å². The number of anilines is 1. The number of sulfonamides is 1. The fourth-order valence-corrected chi connectivity index (χ4v) is 8.14. The number of carbonyl (C=O) groups excluding carboxylic acids is 1. The fraction of sp³-hybridized carbons (Fsp3) is 0.261. The van der Waals surface area contributed by atoms with Crippen molar-refractivity contribution in [1.82, 2.24) is 14.3 Å². The Labute approximate surface area is 215 Å². The summed E-state index contributed by atoms with van der Waals surface area (Å²) in [7, 11) is -2.23. The summed E-state index contributed by atoms with van der Waals surface area (Å²) in [6, 6.07) is 9.52. The van der Waals surface area contributed by atoms with Crippen LogP contribution in [0.1, 0.15) is 18.4 Å². The van der Waals surface area contributed by atoms with Crippen molar-refractivity contribution in [3.8, 4) is 5.75 Å². The highest BCUT2D eigenvalue weighted by Gasteiger charge is 2.42. The number of methoxy groups -OCH3 is 1. The van der Waals surface area contributed by atoms with Crippen LogP contribution < -0.4 is 9.64 Å². The highest BCUT2D eigenvalue weighted by Crippen LogP contribution is 2.40. The number of nitrogens with zero attached hydrogens (tertiary/aromatic N) is 4. The predicted molar refractivity (Wildman–Crippen MR) is 138 cm³/mol. The molecular formula is C23H21ClN4O4S3. The topological polar surface area (TPSA) is 92.7 Å². The second-order valence-electron chi connectivity index (χ2n) is 7.91. The van der Waals surface area contributed by atoms with E-state index in [0.717, 1.165) is 16.9 Å². The predicted octanol–water partition coefficient (Wildman–Crippen LogP) is 4.80. The average Bonchev–Trinajstić information content (AvgIpc) is 3.64. The summed E-state index contributed by atoms with van der Waals surface area (Å²) in [4.78, 5) is 24.3.